The molecule has 2 aliphatic rings. The third kappa shape index (κ3) is 3.37. The smallest absolute Gasteiger partial charge is 0.261 e. The Morgan fingerprint density at radius 2 is 1.93 bits per heavy atom. The standard InChI is InChI=1S/C20H22N4OS.ClH/c1-12-17-11-18(19(25)22-15-9-13-7-8-14(10-15)21-13)26-20(17)24(23-12)16-5-3-2-4-6-16;/h2-6,11,13-15,21H,7-10H2,1H3,(H,22,25);1H. The molecule has 3 aromatic rings. The molecule has 4 heterocycles. The molecule has 2 atom stereocenters. The summed E-state index contributed by atoms with van der Waals surface area (Å²) in [5, 5.41) is 12.6. The zero-order valence-electron chi connectivity index (χ0n) is 15.1. The summed E-state index contributed by atoms with van der Waals surface area (Å²) in [7, 11) is 0. The fourth-order valence-corrected chi connectivity index (χ4v) is 5.42. The van der Waals surface area contributed by atoms with E-state index in [4.69, 9.17) is 0 Å². The first-order valence-corrected chi connectivity index (χ1v) is 10.1. The van der Waals surface area contributed by atoms with Crippen LogP contribution in [0.5, 0.6) is 0 Å². The molecule has 2 unspecified atom stereocenters. The molecule has 7 heteroatoms. The van der Waals surface area contributed by atoms with Gasteiger partial charge in [0.25, 0.3) is 5.91 Å². The third-order valence-corrected chi connectivity index (χ3v) is 6.69. The van der Waals surface area contributed by atoms with Crippen LogP contribution in [0, 0.1) is 6.92 Å². The third-order valence-electron chi connectivity index (χ3n) is 5.58. The van der Waals surface area contributed by atoms with E-state index < -0.39 is 0 Å². The molecule has 2 bridgehead atoms. The lowest BCUT2D eigenvalue weighted by atomic mass is 10.00. The second-order valence-corrected chi connectivity index (χ2v) is 8.47. The lowest BCUT2D eigenvalue weighted by Gasteiger charge is -2.29. The van der Waals surface area contributed by atoms with Gasteiger partial charge in [-0.3, -0.25) is 4.79 Å². The average molecular weight is 403 g/mol. The van der Waals surface area contributed by atoms with Crippen LogP contribution in [0.3, 0.4) is 0 Å². The first kappa shape index (κ1) is 18.5. The molecular weight excluding hydrogens is 380 g/mol. The van der Waals surface area contributed by atoms with Gasteiger partial charge in [-0.15, -0.1) is 23.7 Å². The number of nitrogens with one attached hydrogen (secondary N) is 2. The van der Waals surface area contributed by atoms with E-state index in [1.54, 1.807) is 0 Å². The number of hydrogen-bond acceptors (Lipinski definition) is 4. The molecule has 5 rings (SSSR count). The van der Waals surface area contributed by atoms with Crippen LogP contribution in [0.1, 0.15) is 41.0 Å². The maximum Gasteiger partial charge on any atom is 0.261 e. The number of benzene rings is 1. The van der Waals surface area contributed by atoms with E-state index in [1.807, 2.05) is 48.0 Å². The number of hydrogen-bond donors (Lipinski definition) is 2. The van der Waals surface area contributed by atoms with Gasteiger partial charge in [0.05, 0.1) is 16.3 Å². The highest BCUT2D eigenvalue weighted by atomic mass is 35.5. The Kier molecular flexibility index (Phi) is 4.97. The van der Waals surface area contributed by atoms with Gasteiger partial charge in [-0.2, -0.15) is 5.10 Å². The van der Waals surface area contributed by atoms with Crippen molar-refractivity contribution in [3.63, 3.8) is 0 Å². The van der Waals surface area contributed by atoms with Crippen molar-refractivity contribution < 1.29 is 4.79 Å². The number of piperidine rings is 1. The number of fused-ring (bicyclic) bond motifs is 3. The minimum Gasteiger partial charge on any atom is -0.348 e. The number of halogens is 1. The molecule has 0 spiro atoms. The predicted molar refractivity (Wildman–Crippen MR) is 111 cm³/mol. The molecule has 27 heavy (non-hydrogen) atoms. The second-order valence-electron chi connectivity index (χ2n) is 7.44. The van der Waals surface area contributed by atoms with Crippen LogP contribution in [0.2, 0.25) is 0 Å². The number of aryl methyl sites for hydroxylation is 1. The Morgan fingerprint density at radius 1 is 1.22 bits per heavy atom. The molecule has 5 nitrogen and oxygen atoms in total. The fourth-order valence-electron chi connectivity index (χ4n) is 4.33. The van der Waals surface area contributed by atoms with Gasteiger partial charge in [-0.25, -0.2) is 4.68 Å². The topological polar surface area (TPSA) is 59.0 Å². The molecule has 0 aliphatic carbocycles. The maximum absolute atomic E-state index is 12.8. The Morgan fingerprint density at radius 3 is 2.63 bits per heavy atom. The van der Waals surface area contributed by atoms with Crippen LogP contribution < -0.4 is 10.6 Å². The van der Waals surface area contributed by atoms with Crippen molar-refractivity contribution >= 4 is 39.9 Å². The van der Waals surface area contributed by atoms with Crippen LogP contribution in [0.4, 0.5) is 0 Å². The zero-order valence-corrected chi connectivity index (χ0v) is 16.8. The van der Waals surface area contributed by atoms with Gasteiger partial charge in [0.1, 0.15) is 4.83 Å². The van der Waals surface area contributed by atoms with Gasteiger partial charge in [-0.1, -0.05) is 18.2 Å². The highest BCUT2D eigenvalue weighted by Gasteiger charge is 2.34. The first-order valence-electron chi connectivity index (χ1n) is 9.29. The van der Waals surface area contributed by atoms with Crippen molar-refractivity contribution in [1.82, 2.24) is 20.4 Å². The number of thiophene rings is 1. The van der Waals surface area contributed by atoms with E-state index in [1.165, 1.54) is 24.2 Å². The first-order chi connectivity index (χ1) is 12.7. The van der Waals surface area contributed by atoms with Crippen molar-refractivity contribution in [2.45, 2.75) is 50.7 Å². The number of aromatic nitrogens is 2. The summed E-state index contributed by atoms with van der Waals surface area (Å²) in [6, 6.07) is 13.5. The Bertz CT molecular complexity index is 955. The largest absolute Gasteiger partial charge is 0.348 e. The minimum atomic E-state index is 0. The summed E-state index contributed by atoms with van der Waals surface area (Å²) in [4.78, 5) is 14.6. The van der Waals surface area contributed by atoms with Gasteiger partial charge >= 0.3 is 0 Å². The van der Waals surface area contributed by atoms with E-state index in [0.717, 1.165) is 39.3 Å². The van der Waals surface area contributed by atoms with Gasteiger partial charge in [0.2, 0.25) is 0 Å². The lowest BCUT2D eigenvalue weighted by Crippen LogP contribution is -2.47. The van der Waals surface area contributed by atoms with Gasteiger partial charge < -0.3 is 10.6 Å². The van der Waals surface area contributed by atoms with Gasteiger partial charge in [-0.05, 0) is 50.8 Å². The number of para-hydroxylation sites is 1. The molecule has 1 amide bonds. The number of rotatable bonds is 3. The van der Waals surface area contributed by atoms with E-state index in [-0.39, 0.29) is 24.4 Å². The monoisotopic (exact) mass is 402 g/mol. The summed E-state index contributed by atoms with van der Waals surface area (Å²) in [6.07, 6.45) is 4.58. The van der Waals surface area contributed by atoms with Crippen molar-refractivity contribution in [3.05, 3.63) is 47.0 Å². The molecular formula is C20H23ClN4OS. The Labute approximate surface area is 168 Å². The van der Waals surface area contributed by atoms with Crippen LogP contribution in [-0.2, 0) is 0 Å². The molecule has 142 valence electrons. The van der Waals surface area contributed by atoms with Crippen molar-refractivity contribution in [2.24, 2.45) is 0 Å². The number of nitrogens with zero attached hydrogens (tertiary/aromatic N) is 2. The summed E-state index contributed by atoms with van der Waals surface area (Å²) in [5.41, 5.74) is 1.98. The van der Waals surface area contributed by atoms with Crippen molar-refractivity contribution in [1.29, 1.82) is 0 Å². The highest BCUT2D eigenvalue weighted by Crippen LogP contribution is 2.31. The molecule has 0 radical (unpaired) electrons. The quantitative estimate of drug-likeness (QED) is 0.700. The van der Waals surface area contributed by atoms with Crippen LogP contribution in [0.25, 0.3) is 15.9 Å². The normalized spacial score (nSPS) is 24.0. The minimum absolute atomic E-state index is 0. The number of carbonyl (C=O) groups is 1. The average Bonchev–Trinajstić information content (AvgIpc) is 3.31. The molecule has 2 fully saturated rings. The van der Waals surface area contributed by atoms with E-state index >= 15 is 0 Å². The van der Waals surface area contributed by atoms with Crippen molar-refractivity contribution in [3.8, 4) is 5.69 Å². The zero-order chi connectivity index (χ0) is 17.7. The Balaban J connectivity index is 0.00000180. The van der Waals surface area contributed by atoms with Gasteiger partial charge in [0, 0.05) is 23.5 Å². The van der Waals surface area contributed by atoms with Crippen LogP contribution >= 0.6 is 23.7 Å². The fraction of sp³-hybridized carbons (Fsp3) is 0.400. The second kappa shape index (κ2) is 7.26. The summed E-state index contributed by atoms with van der Waals surface area (Å²) in [6.45, 7) is 2.00. The van der Waals surface area contributed by atoms with E-state index in [2.05, 4.69) is 15.7 Å². The van der Waals surface area contributed by atoms with Crippen molar-refractivity contribution in [2.75, 3.05) is 0 Å². The molecule has 0 saturated carbocycles. The molecule has 2 aliphatic heterocycles. The summed E-state index contributed by atoms with van der Waals surface area (Å²) < 4.78 is 1.94. The SMILES string of the molecule is Cc1nn(-c2ccccc2)c2sc(C(=O)NC3CC4CCC(C3)N4)cc12.Cl. The van der Waals surface area contributed by atoms with E-state index in [9.17, 15) is 4.79 Å². The number of amides is 1. The predicted octanol–water partition coefficient (Wildman–Crippen LogP) is 3.83. The molecule has 2 saturated heterocycles. The van der Waals surface area contributed by atoms with Crippen LogP contribution in [0.15, 0.2) is 36.4 Å². The molecule has 2 N–H and O–H groups in total. The summed E-state index contributed by atoms with van der Waals surface area (Å²) >= 11 is 1.53. The molecule has 1 aromatic carbocycles. The lowest BCUT2D eigenvalue weighted by molar-refractivity contribution is 0.0928. The van der Waals surface area contributed by atoms with E-state index in [0.29, 0.717) is 12.1 Å². The highest BCUT2D eigenvalue weighted by molar-refractivity contribution is 7.20. The molecule has 2 aromatic heterocycles. The summed E-state index contributed by atoms with van der Waals surface area (Å²) in [5.74, 6) is 0.0523. The number of carbonyl (C=O) groups excluding carboxylic acids is 1. The van der Waals surface area contributed by atoms with Gasteiger partial charge in [0.15, 0.2) is 0 Å². The van der Waals surface area contributed by atoms with Crippen LogP contribution in [-0.4, -0.2) is 33.8 Å². The Hall–Kier alpha value is -1.89. The maximum atomic E-state index is 12.8.